The average molecular weight is 325 g/mol. The summed E-state index contributed by atoms with van der Waals surface area (Å²) in [5, 5.41) is 10.3. The van der Waals surface area contributed by atoms with Crippen molar-refractivity contribution in [3.63, 3.8) is 0 Å². The van der Waals surface area contributed by atoms with Crippen LogP contribution in [0.15, 0.2) is 39.4 Å². The summed E-state index contributed by atoms with van der Waals surface area (Å²) in [6.07, 6.45) is 1.86. The van der Waals surface area contributed by atoms with Crippen LogP contribution in [0.1, 0.15) is 36.3 Å². The van der Waals surface area contributed by atoms with Gasteiger partial charge in [-0.15, -0.1) is 0 Å². The van der Waals surface area contributed by atoms with Gasteiger partial charge in [-0.25, -0.2) is 0 Å². The lowest BCUT2D eigenvalue weighted by molar-refractivity contribution is 0.219. The first-order valence-corrected chi connectivity index (χ1v) is 7.06. The van der Waals surface area contributed by atoms with Crippen LogP contribution in [0.3, 0.4) is 0 Å². The molecule has 3 nitrogen and oxygen atoms in total. The van der Waals surface area contributed by atoms with E-state index < -0.39 is 6.10 Å². The molecule has 1 unspecified atom stereocenters. The Morgan fingerprint density at radius 2 is 2.11 bits per heavy atom. The van der Waals surface area contributed by atoms with Gasteiger partial charge in [0.2, 0.25) is 0 Å². The minimum absolute atomic E-state index is 0.682. The van der Waals surface area contributed by atoms with Crippen LogP contribution in [0, 0.1) is 6.92 Å². The zero-order valence-electron chi connectivity index (χ0n) is 11.0. The summed E-state index contributed by atoms with van der Waals surface area (Å²) in [6, 6.07) is 7.44. The SMILES string of the molecule is CCCOc1ccc(C(O)c2coc(C)c2)cc1Br. The van der Waals surface area contributed by atoms with E-state index in [1.807, 2.05) is 31.2 Å². The number of aliphatic hydroxyl groups excluding tert-OH is 1. The maximum absolute atomic E-state index is 10.3. The zero-order chi connectivity index (χ0) is 13.8. The predicted molar refractivity (Wildman–Crippen MR) is 77.4 cm³/mol. The topological polar surface area (TPSA) is 42.6 Å². The van der Waals surface area contributed by atoms with Gasteiger partial charge in [0.05, 0.1) is 17.3 Å². The molecule has 0 aliphatic rings. The highest BCUT2D eigenvalue weighted by molar-refractivity contribution is 9.10. The molecule has 0 aliphatic carbocycles. The van der Waals surface area contributed by atoms with Crippen LogP contribution in [0.25, 0.3) is 0 Å². The van der Waals surface area contributed by atoms with Crippen LogP contribution < -0.4 is 4.74 Å². The van der Waals surface area contributed by atoms with Gasteiger partial charge < -0.3 is 14.3 Å². The number of hydrogen-bond acceptors (Lipinski definition) is 3. The quantitative estimate of drug-likeness (QED) is 0.895. The Labute approximate surface area is 121 Å². The lowest BCUT2D eigenvalue weighted by Crippen LogP contribution is -2.00. The average Bonchev–Trinajstić information content (AvgIpc) is 2.83. The minimum Gasteiger partial charge on any atom is -0.492 e. The first-order valence-electron chi connectivity index (χ1n) is 6.27. The smallest absolute Gasteiger partial charge is 0.133 e. The molecule has 1 aromatic carbocycles. The molecular weight excluding hydrogens is 308 g/mol. The van der Waals surface area contributed by atoms with Crippen molar-refractivity contribution in [2.75, 3.05) is 6.61 Å². The van der Waals surface area contributed by atoms with Crippen molar-refractivity contribution < 1.29 is 14.3 Å². The van der Waals surface area contributed by atoms with E-state index in [1.54, 1.807) is 6.26 Å². The second kappa shape index (κ2) is 6.26. The summed E-state index contributed by atoms with van der Waals surface area (Å²) in [5.41, 5.74) is 1.56. The highest BCUT2D eigenvalue weighted by Gasteiger charge is 2.14. The van der Waals surface area contributed by atoms with Crippen molar-refractivity contribution in [3.05, 3.63) is 51.9 Å². The van der Waals surface area contributed by atoms with Gasteiger partial charge in [-0.05, 0) is 53.0 Å². The lowest BCUT2D eigenvalue weighted by atomic mass is 10.0. The third-order valence-electron chi connectivity index (χ3n) is 2.80. The summed E-state index contributed by atoms with van der Waals surface area (Å²) in [4.78, 5) is 0. The Kier molecular flexibility index (Phi) is 4.66. The van der Waals surface area contributed by atoms with Gasteiger partial charge in [-0.1, -0.05) is 13.0 Å². The van der Waals surface area contributed by atoms with E-state index in [9.17, 15) is 5.11 Å². The summed E-state index contributed by atoms with van der Waals surface area (Å²) in [6.45, 7) is 4.60. The number of aryl methyl sites for hydroxylation is 1. The molecule has 0 fully saturated rings. The van der Waals surface area contributed by atoms with E-state index in [2.05, 4.69) is 22.9 Å². The fourth-order valence-electron chi connectivity index (χ4n) is 1.82. The molecule has 0 spiro atoms. The van der Waals surface area contributed by atoms with E-state index in [4.69, 9.17) is 9.15 Å². The Hall–Kier alpha value is -1.26. The standard InChI is InChI=1S/C15H17BrO3/c1-3-6-18-14-5-4-11(8-13(14)16)15(17)12-7-10(2)19-9-12/h4-5,7-9,15,17H,3,6H2,1-2H3. The monoisotopic (exact) mass is 324 g/mol. The van der Waals surface area contributed by atoms with Crippen molar-refractivity contribution >= 4 is 15.9 Å². The first kappa shape index (κ1) is 14.2. The number of hydrogen-bond donors (Lipinski definition) is 1. The van der Waals surface area contributed by atoms with Gasteiger partial charge in [0.1, 0.15) is 17.6 Å². The van der Waals surface area contributed by atoms with E-state index in [-0.39, 0.29) is 0 Å². The summed E-state index contributed by atoms with van der Waals surface area (Å²) >= 11 is 3.46. The van der Waals surface area contributed by atoms with Crippen LogP contribution in [0.5, 0.6) is 5.75 Å². The Morgan fingerprint density at radius 1 is 1.32 bits per heavy atom. The van der Waals surface area contributed by atoms with Gasteiger partial charge in [-0.3, -0.25) is 0 Å². The molecule has 0 amide bonds. The Bertz CT molecular complexity index is 548. The zero-order valence-corrected chi connectivity index (χ0v) is 12.6. The third-order valence-corrected chi connectivity index (χ3v) is 3.42. The third kappa shape index (κ3) is 3.39. The predicted octanol–water partition coefficient (Wildman–Crippen LogP) is 4.22. The van der Waals surface area contributed by atoms with Gasteiger partial charge >= 0.3 is 0 Å². The largest absolute Gasteiger partial charge is 0.492 e. The Morgan fingerprint density at radius 3 is 2.68 bits per heavy atom. The van der Waals surface area contributed by atoms with Crippen molar-refractivity contribution in [3.8, 4) is 5.75 Å². The van der Waals surface area contributed by atoms with Gasteiger partial charge in [-0.2, -0.15) is 0 Å². The fraction of sp³-hybridized carbons (Fsp3) is 0.333. The molecule has 0 bridgehead atoms. The van der Waals surface area contributed by atoms with Crippen molar-refractivity contribution in [2.45, 2.75) is 26.4 Å². The van der Waals surface area contributed by atoms with Gasteiger partial charge in [0.15, 0.2) is 0 Å². The molecule has 0 aliphatic heterocycles. The molecule has 4 heteroatoms. The summed E-state index contributed by atoms with van der Waals surface area (Å²) in [5.74, 6) is 1.58. The molecule has 2 rings (SSSR count). The molecule has 102 valence electrons. The van der Waals surface area contributed by atoms with Crippen molar-refractivity contribution in [2.24, 2.45) is 0 Å². The molecule has 0 saturated heterocycles. The number of furan rings is 1. The molecule has 19 heavy (non-hydrogen) atoms. The summed E-state index contributed by atoms with van der Waals surface area (Å²) < 4.78 is 11.6. The maximum Gasteiger partial charge on any atom is 0.133 e. The van der Waals surface area contributed by atoms with Crippen molar-refractivity contribution in [1.29, 1.82) is 0 Å². The second-order valence-electron chi connectivity index (χ2n) is 4.43. The second-order valence-corrected chi connectivity index (χ2v) is 5.29. The van der Waals surface area contributed by atoms with Crippen molar-refractivity contribution in [1.82, 2.24) is 0 Å². The molecule has 1 N–H and O–H groups in total. The highest BCUT2D eigenvalue weighted by atomic mass is 79.9. The van der Waals surface area contributed by atoms with E-state index in [1.165, 1.54) is 0 Å². The first-order chi connectivity index (χ1) is 9.11. The molecule has 1 aromatic heterocycles. The summed E-state index contributed by atoms with van der Waals surface area (Å²) in [7, 11) is 0. The maximum atomic E-state index is 10.3. The number of ether oxygens (including phenoxy) is 1. The van der Waals surface area contributed by atoms with E-state index in [0.717, 1.165) is 33.5 Å². The van der Waals surface area contributed by atoms with E-state index in [0.29, 0.717) is 6.61 Å². The molecule has 0 saturated carbocycles. The fourth-order valence-corrected chi connectivity index (χ4v) is 2.33. The van der Waals surface area contributed by atoms with Crippen LogP contribution in [-0.2, 0) is 0 Å². The highest BCUT2D eigenvalue weighted by Crippen LogP contribution is 2.31. The number of aliphatic hydroxyl groups is 1. The van der Waals surface area contributed by atoms with Gasteiger partial charge in [0.25, 0.3) is 0 Å². The molecule has 2 aromatic rings. The lowest BCUT2D eigenvalue weighted by Gasteiger charge is -2.12. The van der Waals surface area contributed by atoms with Crippen LogP contribution in [0.2, 0.25) is 0 Å². The van der Waals surface area contributed by atoms with Gasteiger partial charge in [0, 0.05) is 5.56 Å². The van der Waals surface area contributed by atoms with Crippen LogP contribution in [0.4, 0.5) is 0 Å². The number of rotatable bonds is 5. The molecule has 1 heterocycles. The minimum atomic E-state index is -0.686. The Balaban J connectivity index is 2.19. The molecule has 1 atom stereocenters. The molecule has 0 radical (unpaired) electrons. The van der Waals surface area contributed by atoms with E-state index >= 15 is 0 Å². The normalized spacial score (nSPS) is 12.4. The number of benzene rings is 1. The van der Waals surface area contributed by atoms with Crippen LogP contribution in [-0.4, -0.2) is 11.7 Å². The number of halogens is 1. The van der Waals surface area contributed by atoms with Crippen LogP contribution >= 0.6 is 15.9 Å². The molecular formula is C15H17BrO3.